The molecule has 0 radical (unpaired) electrons. The van der Waals surface area contributed by atoms with E-state index in [-0.39, 0.29) is 18.1 Å². The van der Waals surface area contributed by atoms with Crippen LogP contribution in [0.3, 0.4) is 0 Å². The van der Waals surface area contributed by atoms with Crippen LogP contribution in [0.2, 0.25) is 0 Å². The van der Waals surface area contributed by atoms with E-state index >= 15 is 0 Å². The van der Waals surface area contributed by atoms with Gasteiger partial charge < -0.3 is 10.4 Å². The van der Waals surface area contributed by atoms with E-state index in [1.165, 1.54) is 0 Å². The highest BCUT2D eigenvalue weighted by molar-refractivity contribution is 5.76. The molecule has 0 aromatic carbocycles. The maximum absolute atomic E-state index is 11.8. The smallest absolute Gasteiger partial charge is 0.222 e. The Bertz CT molecular complexity index is 403. The lowest BCUT2D eigenvalue weighted by Gasteiger charge is -2.28. The van der Waals surface area contributed by atoms with E-state index in [1.54, 1.807) is 10.9 Å². The van der Waals surface area contributed by atoms with Crippen molar-refractivity contribution in [1.29, 1.82) is 0 Å². The summed E-state index contributed by atoms with van der Waals surface area (Å²) in [4.78, 5) is 11.8. The topological polar surface area (TPSA) is 67.2 Å². The number of carbonyl (C=O) groups excluding carboxylic acids is 1. The molecule has 100 valence electrons. The van der Waals surface area contributed by atoms with Crippen LogP contribution in [0.5, 0.6) is 0 Å². The van der Waals surface area contributed by atoms with E-state index in [4.69, 9.17) is 0 Å². The van der Waals surface area contributed by atoms with Gasteiger partial charge in [0.05, 0.1) is 18.3 Å². The quantitative estimate of drug-likeness (QED) is 0.839. The maximum Gasteiger partial charge on any atom is 0.222 e. The Morgan fingerprint density at radius 3 is 3.00 bits per heavy atom. The molecule has 1 heterocycles. The second kappa shape index (κ2) is 6.00. The molecule has 0 spiro atoms. The monoisotopic (exact) mass is 251 g/mol. The molecule has 2 N–H and O–H groups in total. The van der Waals surface area contributed by atoms with Gasteiger partial charge in [0.1, 0.15) is 0 Å². The van der Waals surface area contributed by atoms with Crippen molar-refractivity contribution < 1.29 is 9.90 Å². The third-order valence-electron chi connectivity index (χ3n) is 3.41. The van der Waals surface area contributed by atoms with Crippen molar-refractivity contribution in [3.63, 3.8) is 0 Å². The molecule has 18 heavy (non-hydrogen) atoms. The van der Waals surface area contributed by atoms with Gasteiger partial charge in [-0.25, -0.2) is 0 Å². The predicted octanol–water partition coefficient (Wildman–Crippen LogP) is 1.00. The zero-order chi connectivity index (χ0) is 13.0. The minimum atomic E-state index is -0.380. The molecule has 2 rings (SSSR count). The summed E-state index contributed by atoms with van der Waals surface area (Å²) >= 11 is 0. The molecule has 1 saturated carbocycles. The lowest BCUT2D eigenvalue weighted by Crippen LogP contribution is -2.45. The van der Waals surface area contributed by atoms with Crippen LogP contribution in [0.15, 0.2) is 12.4 Å². The maximum atomic E-state index is 11.8. The molecular weight excluding hydrogens is 230 g/mol. The van der Waals surface area contributed by atoms with Gasteiger partial charge in [-0.1, -0.05) is 12.8 Å². The summed E-state index contributed by atoms with van der Waals surface area (Å²) in [5.74, 6) is -0.00546. The van der Waals surface area contributed by atoms with Crippen molar-refractivity contribution in [1.82, 2.24) is 15.1 Å². The first-order valence-corrected chi connectivity index (χ1v) is 6.61. The first-order valence-electron chi connectivity index (χ1n) is 6.61. The van der Waals surface area contributed by atoms with E-state index in [0.717, 1.165) is 31.2 Å². The van der Waals surface area contributed by atoms with Crippen molar-refractivity contribution in [2.24, 2.45) is 0 Å². The van der Waals surface area contributed by atoms with Gasteiger partial charge in [-0.15, -0.1) is 0 Å². The van der Waals surface area contributed by atoms with Crippen LogP contribution in [-0.4, -0.2) is 32.9 Å². The summed E-state index contributed by atoms with van der Waals surface area (Å²) in [6.07, 6.45) is 7.54. The molecule has 0 bridgehead atoms. The first kappa shape index (κ1) is 13.1. The van der Waals surface area contributed by atoms with Crippen LogP contribution < -0.4 is 5.32 Å². The summed E-state index contributed by atoms with van der Waals surface area (Å²) < 4.78 is 1.77. The fraction of sp³-hybridized carbons (Fsp3) is 0.692. The second-order valence-electron chi connectivity index (χ2n) is 5.06. The SMILES string of the molecule is Cc1cnn(CCC(=O)NC2CCCCC2O)c1. The van der Waals surface area contributed by atoms with Gasteiger partial charge in [0.25, 0.3) is 0 Å². The molecule has 1 amide bonds. The van der Waals surface area contributed by atoms with Gasteiger partial charge in [-0.3, -0.25) is 9.48 Å². The third kappa shape index (κ3) is 3.57. The Morgan fingerprint density at radius 1 is 1.56 bits per heavy atom. The number of nitrogens with zero attached hydrogens (tertiary/aromatic N) is 2. The first-order chi connectivity index (χ1) is 8.65. The number of carbonyl (C=O) groups is 1. The lowest BCUT2D eigenvalue weighted by molar-refractivity contribution is -0.123. The Morgan fingerprint density at radius 2 is 2.33 bits per heavy atom. The van der Waals surface area contributed by atoms with Crippen LogP contribution in [0.25, 0.3) is 0 Å². The fourth-order valence-corrected chi connectivity index (χ4v) is 2.36. The minimum Gasteiger partial charge on any atom is -0.391 e. The summed E-state index contributed by atoms with van der Waals surface area (Å²) in [5, 5.41) is 16.8. The Kier molecular flexibility index (Phi) is 4.36. The van der Waals surface area contributed by atoms with E-state index in [1.807, 2.05) is 13.1 Å². The zero-order valence-corrected chi connectivity index (χ0v) is 10.8. The molecule has 0 aliphatic heterocycles. The normalized spacial score (nSPS) is 23.9. The fourth-order valence-electron chi connectivity index (χ4n) is 2.36. The number of aryl methyl sites for hydroxylation is 2. The van der Waals surface area contributed by atoms with Crippen LogP contribution >= 0.6 is 0 Å². The summed E-state index contributed by atoms with van der Waals surface area (Å²) in [6.45, 7) is 2.56. The van der Waals surface area contributed by atoms with Crippen molar-refractivity contribution in [2.75, 3.05) is 0 Å². The zero-order valence-electron chi connectivity index (χ0n) is 10.8. The molecule has 1 aliphatic rings. The van der Waals surface area contributed by atoms with Crippen molar-refractivity contribution in [3.05, 3.63) is 18.0 Å². The van der Waals surface area contributed by atoms with Crippen molar-refractivity contribution in [2.45, 2.75) is 57.7 Å². The number of nitrogens with one attached hydrogen (secondary N) is 1. The average Bonchev–Trinajstić information content (AvgIpc) is 2.76. The average molecular weight is 251 g/mol. The summed E-state index contributed by atoms with van der Waals surface area (Å²) in [5.41, 5.74) is 1.10. The number of aromatic nitrogens is 2. The summed E-state index contributed by atoms with van der Waals surface area (Å²) in [7, 11) is 0. The molecule has 1 fully saturated rings. The van der Waals surface area contributed by atoms with Crippen LogP contribution in [-0.2, 0) is 11.3 Å². The van der Waals surface area contributed by atoms with Gasteiger partial charge in [-0.05, 0) is 25.3 Å². The van der Waals surface area contributed by atoms with Crippen LogP contribution in [0.4, 0.5) is 0 Å². The van der Waals surface area contributed by atoms with Gasteiger partial charge >= 0.3 is 0 Å². The molecule has 2 atom stereocenters. The Labute approximate surface area is 107 Å². The molecule has 1 aromatic rings. The molecule has 0 saturated heterocycles. The number of aliphatic hydroxyl groups excluding tert-OH is 1. The number of amides is 1. The minimum absolute atomic E-state index is 0.00546. The highest BCUT2D eigenvalue weighted by atomic mass is 16.3. The highest BCUT2D eigenvalue weighted by Crippen LogP contribution is 2.18. The molecule has 5 heteroatoms. The predicted molar refractivity (Wildman–Crippen MR) is 68.0 cm³/mol. The molecule has 1 aromatic heterocycles. The Balaban J connectivity index is 1.74. The number of hydrogen-bond donors (Lipinski definition) is 2. The molecule has 1 aliphatic carbocycles. The largest absolute Gasteiger partial charge is 0.391 e. The second-order valence-corrected chi connectivity index (χ2v) is 5.06. The van der Waals surface area contributed by atoms with Crippen molar-refractivity contribution in [3.8, 4) is 0 Å². The van der Waals surface area contributed by atoms with Crippen LogP contribution in [0.1, 0.15) is 37.7 Å². The standard InChI is InChI=1S/C13H21N3O2/c1-10-8-14-16(9-10)7-6-13(18)15-11-4-2-3-5-12(11)17/h8-9,11-12,17H,2-7H2,1H3,(H,15,18). The van der Waals surface area contributed by atoms with Gasteiger partial charge in [0.2, 0.25) is 5.91 Å². The van der Waals surface area contributed by atoms with Crippen molar-refractivity contribution >= 4 is 5.91 Å². The van der Waals surface area contributed by atoms with Crippen LogP contribution in [0, 0.1) is 6.92 Å². The number of aliphatic hydroxyl groups is 1. The van der Waals surface area contributed by atoms with E-state index in [0.29, 0.717) is 13.0 Å². The number of hydrogen-bond acceptors (Lipinski definition) is 3. The van der Waals surface area contributed by atoms with Gasteiger partial charge in [-0.2, -0.15) is 5.10 Å². The van der Waals surface area contributed by atoms with Gasteiger partial charge in [0, 0.05) is 19.2 Å². The summed E-state index contributed by atoms with van der Waals surface area (Å²) in [6, 6.07) is -0.0643. The van der Waals surface area contributed by atoms with E-state index in [9.17, 15) is 9.90 Å². The van der Waals surface area contributed by atoms with Gasteiger partial charge in [0.15, 0.2) is 0 Å². The molecular formula is C13H21N3O2. The van der Waals surface area contributed by atoms with E-state index < -0.39 is 0 Å². The number of rotatable bonds is 4. The molecule has 2 unspecified atom stereocenters. The highest BCUT2D eigenvalue weighted by Gasteiger charge is 2.24. The lowest BCUT2D eigenvalue weighted by atomic mass is 9.92. The van der Waals surface area contributed by atoms with E-state index in [2.05, 4.69) is 10.4 Å². The Hall–Kier alpha value is -1.36. The molecule has 5 nitrogen and oxygen atoms in total. The third-order valence-corrected chi connectivity index (χ3v) is 3.41.